The lowest BCUT2D eigenvalue weighted by Crippen LogP contribution is -2.31. The fourth-order valence-corrected chi connectivity index (χ4v) is 4.14. The summed E-state index contributed by atoms with van der Waals surface area (Å²) in [4.78, 5) is 27.7. The number of carbonyl (C=O) groups is 2. The van der Waals surface area contributed by atoms with Crippen LogP contribution in [0, 0.1) is 0 Å². The van der Waals surface area contributed by atoms with Crippen LogP contribution in [0.5, 0.6) is 5.75 Å². The number of amides is 2. The molecule has 0 bridgehead atoms. The summed E-state index contributed by atoms with van der Waals surface area (Å²) in [6, 6.07) is 11.8. The lowest BCUT2D eigenvalue weighted by Gasteiger charge is -2.16. The molecule has 0 fully saturated rings. The van der Waals surface area contributed by atoms with Gasteiger partial charge < -0.3 is 4.74 Å². The molecule has 1 aliphatic rings. The number of hydrogen-bond donors (Lipinski definition) is 0. The van der Waals surface area contributed by atoms with Crippen LogP contribution in [-0.2, 0) is 9.59 Å². The fourth-order valence-electron chi connectivity index (χ4n) is 2.78. The maximum absolute atomic E-state index is 13.2. The largest absolute Gasteiger partial charge is 0.496 e. The van der Waals surface area contributed by atoms with Gasteiger partial charge in [-0.2, -0.15) is 0 Å². The van der Waals surface area contributed by atoms with Crippen molar-refractivity contribution < 1.29 is 14.3 Å². The molecule has 0 saturated heterocycles. The van der Waals surface area contributed by atoms with Crippen LogP contribution >= 0.6 is 35.0 Å². The molecule has 1 aliphatic heterocycles. The van der Waals surface area contributed by atoms with Gasteiger partial charge in [0.05, 0.1) is 23.3 Å². The number of carbonyl (C=O) groups excluding carboxylic acids is 2. The first-order valence-electron chi connectivity index (χ1n) is 7.83. The molecule has 3 rings (SSSR count). The minimum Gasteiger partial charge on any atom is -0.496 e. The van der Waals surface area contributed by atoms with Gasteiger partial charge >= 0.3 is 0 Å². The normalized spacial score (nSPS) is 14.4. The predicted octanol–water partition coefficient (Wildman–Crippen LogP) is 5.04. The molecule has 0 aromatic heterocycles. The molecule has 0 aliphatic carbocycles. The van der Waals surface area contributed by atoms with Crippen molar-refractivity contribution in [3.05, 3.63) is 63.0 Å². The van der Waals surface area contributed by atoms with E-state index < -0.39 is 5.91 Å². The van der Waals surface area contributed by atoms with Gasteiger partial charge in [0, 0.05) is 15.6 Å². The van der Waals surface area contributed by atoms with Gasteiger partial charge in [0.15, 0.2) is 0 Å². The molecule has 0 N–H and O–H groups in total. The number of benzene rings is 2. The van der Waals surface area contributed by atoms with Crippen LogP contribution < -0.4 is 9.64 Å². The molecular weight excluding hydrogens is 393 g/mol. The van der Waals surface area contributed by atoms with Crippen molar-refractivity contribution in [1.29, 1.82) is 0 Å². The number of ether oxygens (including phenoxy) is 1. The zero-order valence-corrected chi connectivity index (χ0v) is 16.4. The van der Waals surface area contributed by atoms with E-state index >= 15 is 0 Å². The topological polar surface area (TPSA) is 46.6 Å². The first-order valence-corrected chi connectivity index (χ1v) is 9.57. The average molecular weight is 408 g/mol. The highest BCUT2D eigenvalue weighted by Gasteiger charge is 2.41. The molecule has 134 valence electrons. The Morgan fingerprint density at radius 2 is 1.69 bits per heavy atom. The van der Waals surface area contributed by atoms with E-state index in [1.54, 1.807) is 36.4 Å². The minimum absolute atomic E-state index is 0.329. The maximum atomic E-state index is 13.2. The highest BCUT2D eigenvalue weighted by Crippen LogP contribution is 2.41. The third-order valence-electron chi connectivity index (χ3n) is 3.81. The summed E-state index contributed by atoms with van der Waals surface area (Å²) in [6.45, 7) is 1.92. The van der Waals surface area contributed by atoms with E-state index in [2.05, 4.69) is 0 Å². The van der Waals surface area contributed by atoms with Crippen molar-refractivity contribution in [2.24, 2.45) is 0 Å². The zero-order valence-electron chi connectivity index (χ0n) is 14.1. The molecule has 2 aromatic carbocycles. The quantitative estimate of drug-likeness (QED) is 0.651. The van der Waals surface area contributed by atoms with E-state index in [-0.39, 0.29) is 5.91 Å². The van der Waals surface area contributed by atoms with Crippen molar-refractivity contribution in [1.82, 2.24) is 0 Å². The van der Waals surface area contributed by atoms with Crippen LogP contribution in [0.3, 0.4) is 0 Å². The second-order valence-electron chi connectivity index (χ2n) is 5.41. The van der Waals surface area contributed by atoms with Gasteiger partial charge in [-0.1, -0.05) is 48.3 Å². The number of methoxy groups -OCH3 is 1. The monoisotopic (exact) mass is 407 g/mol. The zero-order chi connectivity index (χ0) is 18.8. The van der Waals surface area contributed by atoms with Crippen molar-refractivity contribution >= 4 is 58.0 Å². The summed E-state index contributed by atoms with van der Waals surface area (Å²) in [5, 5.41) is 0.701. The number of thioether (sulfide) groups is 1. The molecule has 0 atom stereocenters. The van der Waals surface area contributed by atoms with E-state index in [9.17, 15) is 9.59 Å². The highest BCUT2D eigenvalue weighted by molar-refractivity contribution is 8.04. The first kappa shape index (κ1) is 18.8. The van der Waals surface area contributed by atoms with Gasteiger partial charge in [-0.3, -0.25) is 9.59 Å². The van der Waals surface area contributed by atoms with Crippen LogP contribution in [0.25, 0.3) is 5.57 Å². The van der Waals surface area contributed by atoms with Gasteiger partial charge in [0.2, 0.25) is 0 Å². The number of para-hydroxylation sites is 1. The van der Waals surface area contributed by atoms with Gasteiger partial charge in [0.25, 0.3) is 11.8 Å². The smallest absolute Gasteiger partial charge is 0.272 e. The lowest BCUT2D eigenvalue weighted by atomic mass is 10.0. The molecule has 0 saturated carbocycles. The van der Waals surface area contributed by atoms with Gasteiger partial charge in [-0.15, -0.1) is 11.8 Å². The number of hydrogen-bond acceptors (Lipinski definition) is 4. The molecule has 4 nitrogen and oxygen atoms in total. The Kier molecular flexibility index (Phi) is 5.61. The SMILES string of the molecule is CCSC1=C(c2ccccc2OC)C(=O)N(c2cc(Cl)cc(Cl)c2)C1=O. The Morgan fingerprint density at radius 3 is 2.31 bits per heavy atom. The third-order valence-corrected chi connectivity index (χ3v) is 5.20. The molecule has 1 heterocycles. The summed E-state index contributed by atoms with van der Waals surface area (Å²) in [7, 11) is 1.53. The van der Waals surface area contributed by atoms with Crippen LogP contribution in [0.1, 0.15) is 12.5 Å². The second kappa shape index (κ2) is 7.74. The number of rotatable bonds is 5. The molecule has 0 spiro atoms. The minimum atomic E-state index is -0.422. The average Bonchev–Trinajstić information content (AvgIpc) is 2.84. The van der Waals surface area contributed by atoms with E-state index in [1.165, 1.54) is 18.9 Å². The molecule has 2 amide bonds. The molecule has 26 heavy (non-hydrogen) atoms. The summed E-state index contributed by atoms with van der Waals surface area (Å²) < 4.78 is 5.38. The Hall–Kier alpha value is -1.95. The molecular formula is C19H15Cl2NO3S. The number of halogens is 2. The lowest BCUT2D eigenvalue weighted by molar-refractivity contribution is -0.119. The van der Waals surface area contributed by atoms with Crippen LogP contribution in [0.2, 0.25) is 10.0 Å². The van der Waals surface area contributed by atoms with Gasteiger partial charge in [-0.05, 0) is 30.0 Å². The van der Waals surface area contributed by atoms with Crippen molar-refractivity contribution in [2.45, 2.75) is 6.92 Å². The Labute approximate surface area is 165 Å². The van der Waals surface area contributed by atoms with E-state index in [4.69, 9.17) is 27.9 Å². The Balaban J connectivity index is 2.16. The highest BCUT2D eigenvalue weighted by atomic mass is 35.5. The van der Waals surface area contributed by atoms with Crippen LogP contribution in [0.4, 0.5) is 5.69 Å². The van der Waals surface area contributed by atoms with Crippen LogP contribution in [-0.4, -0.2) is 24.7 Å². The van der Waals surface area contributed by atoms with Crippen molar-refractivity contribution in [3.8, 4) is 5.75 Å². The van der Waals surface area contributed by atoms with Crippen molar-refractivity contribution in [3.63, 3.8) is 0 Å². The summed E-state index contributed by atoms with van der Waals surface area (Å²) in [6.07, 6.45) is 0. The molecule has 7 heteroatoms. The standard InChI is InChI=1S/C19H15Cl2NO3S/c1-3-26-17-16(14-6-4-5-7-15(14)25-2)18(23)22(19(17)24)13-9-11(20)8-12(21)10-13/h4-10H,3H2,1-2H3. The summed E-state index contributed by atoms with van der Waals surface area (Å²) in [5.41, 5.74) is 1.26. The van der Waals surface area contributed by atoms with E-state index in [1.807, 2.05) is 13.0 Å². The Morgan fingerprint density at radius 1 is 1.04 bits per heavy atom. The molecule has 2 aromatic rings. The Bertz CT molecular complexity index is 907. The van der Waals surface area contributed by atoms with E-state index in [0.29, 0.717) is 43.3 Å². The summed E-state index contributed by atoms with van der Waals surface area (Å²) >= 11 is 13.4. The van der Waals surface area contributed by atoms with Gasteiger partial charge in [-0.25, -0.2) is 4.90 Å². The predicted molar refractivity (Wildman–Crippen MR) is 107 cm³/mol. The number of anilines is 1. The summed E-state index contributed by atoms with van der Waals surface area (Å²) in [5.74, 6) is 0.371. The van der Waals surface area contributed by atoms with Gasteiger partial charge in [0.1, 0.15) is 5.75 Å². The third kappa shape index (κ3) is 3.34. The first-order chi connectivity index (χ1) is 12.5. The fraction of sp³-hybridized carbons (Fsp3) is 0.158. The second-order valence-corrected chi connectivity index (χ2v) is 7.56. The maximum Gasteiger partial charge on any atom is 0.272 e. The van der Waals surface area contributed by atoms with E-state index in [0.717, 1.165) is 4.90 Å². The number of imide groups is 1. The number of nitrogens with zero attached hydrogens (tertiary/aromatic N) is 1. The van der Waals surface area contributed by atoms with Crippen LogP contribution in [0.15, 0.2) is 47.4 Å². The molecule has 0 unspecified atom stereocenters. The molecule has 0 radical (unpaired) electrons. The van der Waals surface area contributed by atoms with Crippen molar-refractivity contribution in [2.75, 3.05) is 17.8 Å².